The molecule has 0 aliphatic rings. The lowest BCUT2D eigenvalue weighted by Gasteiger charge is -2.44. The standard InChI is InChI=1S/C26H39NO5Si/c1-19(28)23(29)22(27-24(30)32-25(2,3)4)18-31-33(26(5,6)7,20-14-10-8-11-15-20)21-16-12-9-13-17-21/h8-17,19,22-23,28-29H,18H2,1-7H3,(H,27,30). The summed E-state index contributed by atoms with van der Waals surface area (Å²) < 4.78 is 12.2. The van der Waals surface area contributed by atoms with Crippen LogP contribution in [0.2, 0.25) is 5.04 Å². The Kier molecular flexibility index (Phi) is 8.87. The molecule has 0 radical (unpaired) electrons. The van der Waals surface area contributed by atoms with E-state index in [1.165, 1.54) is 6.92 Å². The van der Waals surface area contributed by atoms with Gasteiger partial charge in [0.2, 0.25) is 0 Å². The lowest BCUT2D eigenvalue weighted by Crippen LogP contribution is -2.68. The van der Waals surface area contributed by atoms with Crippen molar-refractivity contribution in [3.8, 4) is 0 Å². The second kappa shape index (κ2) is 10.8. The van der Waals surface area contributed by atoms with Crippen LogP contribution in [0.15, 0.2) is 60.7 Å². The highest BCUT2D eigenvalue weighted by Gasteiger charge is 2.50. The third-order valence-corrected chi connectivity index (χ3v) is 10.5. The maximum Gasteiger partial charge on any atom is 0.408 e. The highest BCUT2D eigenvalue weighted by atomic mass is 28.4. The molecular formula is C26H39NO5Si. The van der Waals surface area contributed by atoms with Gasteiger partial charge in [-0.2, -0.15) is 0 Å². The molecule has 0 aliphatic carbocycles. The highest BCUT2D eigenvalue weighted by Crippen LogP contribution is 2.36. The van der Waals surface area contributed by atoms with Crippen molar-refractivity contribution in [2.24, 2.45) is 0 Å². The Morgan fingerprint density at radius 2 is 1.36 bits per heavy atom. The zero-order valence-corrected chi connectivity index (χ0v) is 21.8. The Balaban J connectivity index is 2.48. The van der Waals surface area contributed by atoms with Gasteiger partial charge in [-0.1, -0.05) is 81.4 Å². The number of aliphatic hydroxyl groups is 2. The SMILES string of the molecule is CC(O)C(O)C(CO[Si](c1ccccc1)(c1ccccc1)C(C)(C)C)NC(=O)OC(C)(C)C. The van der Waals surface area contributed by atoms with Gasteiger partial charge in [0.25, 0.3) is 8.32 Å². The summed E-state index contributed by atoms with van der Waals surface area (Å²) in [6.45, 7) is 13.3. The van der Waals surface area contributed by atoms with Gasteiger partial charge in [0.15, 0.2) is 0 Å². The number of rotatable bonds is 8. The third kappa shape index (κ3) is 6.90. The molecule has 0 aliphatic heterocycles. The van der Waals surface area contributed by atoms with E-state index >= 15 is 0 Å². The van der Waals surface area contributed by atoms with E-state index in [0.717, 1.165) is 10.4 Å². The summed E-state index contributed by atoms with van der Waals surface area (Å²) in [7, 11) is -2.88. The van der Waals surface area contributed by atoms with E-state index in [1.54, 1.807) is 20.8 Å². The minimum absolute atomic E-state index is 0.0125. The van der Waals surface area contributed by atoms with Crippen molar-refractivity contribution in [2.75, 3.05) is 6.61 Å². The lowest BCUT2D eigenvalue weighted by molar-refractivity contribution is -0.0110. The van der Waals surface area contributed by atoms with E-state index in [0.29, 0.717) is 0 Å². The van der Waals surface area contributed by atoms with Crippen molar-refractivity contribution in [1.82, 2.24) is 5.32 Å². The van der Waals surface area contributed by atoms with Crippen LogP contribution in [0.1, 0.15) is 48.5 Å². The average molecular weight is 474 g/mol. The average Bonchev–Trinajstić information content (AvgIpc) is 2.72. The molecule has 6 nitrogen and oxygen atoms in total. The number of nitrogens with one attached hydrogen (secondary N) is 1. The first kappa shape index (κ1) is 27.1. The molecule has 3 N–H and O–H groups in total. The third-order valence-electron chi connectivity index (χ3n) is 5.50. The predicted molar refractivity (Wildman–Crippen MR) is 134 cm³/mol. The number of alkyl carbamates (subject to hydrolysis) is 1. The van der Waals surface area contributed by atoms with Crippen molar-refractivity contribution >= 4 is 24.8 Å². The van der Waals surface area contributed by atoms with Gasteiger partial charge in [-0.3, -0.25) is 0 Å². The normalized spacial score (nSPS) is 15.4. The van der Waals surface area contributed by atoms with Crippen molar-refractivity contribution in [3.63, 3.8) is 0 Å². The van der Waals surface area contributed by atoms with Crippen LogP contribution < -0.4 is 15.7 Å². The first-order valence-corrected chi connectivity index (χ1v) is 13.3. The minimum atomic E-state index is -2.88. The Labute approximate surface area is 199 Å². The largest absolute Gasteiger partial charge is 0.444 e. The smallest absolute Gasteiger partial charge is 0.408 e. The number of carbonyl (C=O) groups excluding carboxylic acids is 1. The maximum absolute atomic E-state index is 12.5. The van der Waals surface area contributed by atoms with Gasteiger partial charge >= 0.3 is 6.09 Å². The van der Waals surface area contributed by atoms with Crippen LogP contribution in [-0.2, 0) is 9.16 Å². The molecule has 3 unspecified atom stereocenters. The van der Waals surface area contributed by atoms with Crippen LogP contribution >= 0.6 is 0 Å². The Morgan fingerprint density at radius 3 is 1.73 bits per heavy atom. The maximum atomic E-state index is 12.5. The molecule has 0 spiro atoms. The van der Waals surface area contributed by atoms with Crippen LogP contribution in [0.3, 0.4) is 0 Å². The molecule has 0 heterocycles. The quantitative estimate of drug-likeness (QED) is 0.513. The van der Waals surface area contributed by atoms with Gasteiger partial charge in [-0.25, -0.2) is 4.79 Å². The molecule has 0 aromatic heterocycles. The molecule has 2 aromatic carbocycles. The fourth-order valence-corrected chi connectivity index (χ4v) is 8.58. The topological polar surface area (TPSA) is 88.0 Å². The van der Waals surface area contributed by atoms with E-state index in [9.17, 15) is 15.0 Å². The number of hydrogen-bond acceptors (Lipinski definition) is 5. The molecule has 3 atom stereocenters. The van der Waals surface area contributed by atoms with Crippen molar-refractivity contribution in [2.45, 2.75) is 77.4 Å². The van der Waals surface area contributed by atoms with Crippen LogP contribution in [0.5, 0.6) is 0 Å². The molecule has 33 heavy (non-hydrogen) atoms. The highest BCUT2D eigenvalue weighted by molar-refractivity contribution is 6.99. The van der Waals surface area contributed by atoms with Crippen LogP contribution in [0.4, 0.5) is 4.79 Å². The van der Waals surface area contributed by atoms with E-state index in [1.807, 2.05) is 36.4 Å². The van der Waals surface area contributed by atoms with Crippen molar-refractivity contribution in [3.05, 3.63) is 60.7 Å². The number of carbonyl (C=O) groups is 1. The molecule has 2 rings (SSSR count). The van der Waals surface area contributed by atoms with Crippen molar-refractivity contribution in [1.29, 1.82) is 0 Å². The second-order valence-electron chi connectivity index (χ2n) is 10.5. The molecular weight excluding hydrogens is 434 g/mol. The molecule has 0 bridgehead atoms. The molecule has 0 saturated carbocycles. The van der Waals surface area contributed by atoms with Gasteiger partial charge in [-0.05, 0) is 43.1 Å². The summed E-state index contributed by atoms with van der Waals surface area (Å²) in [6, 6.07) is 19.4. The van der Waals surface area contributed by atoms with Gasteiger partial charge in [-0.15, -0.1) is 0 Å². The summed E-state index contributed by atoms with van der Waals surface area (Å²) in [5.74, 6) is 0. The number of aliphatic hydroxyl groups excluding tert-OH is 2. The number of benzene rings is 2. The van der Waals surface area contributed by atoms with Gasteiger partial charge in [0.1, 0.15) is 11.7 Å². The summed E-state index contributed by atoms with van der Waals surface area (Å²) in [5.41, 5.74) is -0.691. The Bertz CT molecular complexity index is 836. The summed E-state index contributed by atoms with van der Waals surface area (Å²) in [6.07, 6.45) is -2.96. The second-order valence-corrected chi connectivity index (χ2v) is 14.8. The summed E-state index contributed by atoms with van der Waals surface area (Å²) in [5, 5.41) is 25.4. The predicted octanol–water partition coefficient (Wildman–Crippen LogP) is 3.20. The molecule has 182 valence electrons. The molecule has 0 saturated heterocycles. The monoisotopic (exact) mass is 473 g/mol. The fourth-order valence-electron chi connectivity index (χ4n) is 4.00. The van der Waals surface area contributed by atoms with Gasteiger partial charge in [0, 0.05) is 0 Å². The van der Waals surface area contributed by atoms with Gasteiger partial charge in [0.05, 0.1) is 18.8 Å². The van der Waals surface area contributed by atoms with E-state index < -0.39 is 38.3 Å². The zero-order chi connectivity index (χ0) is 24.9. The lowest BCUT2D eigenvalue weighted by atomic mass is 10.1. The van der Waals surface area contributed by atoms with E-state index in [4.69, 9.17) is 9.16 Å². The first-order chi connectivity index (χ1) is 15.3. The van der Waals surface area contributed by atoms with E-state index in [2.05, 4.69) is 50.4 Å². The molecule has 7 heteroatoms. The summed E-state index contributed by atoms with van der Waals surface area (Å²) in [4.78, 5) is 12.5. The van der Waals surface area contributed by atoms with Crippen molar-refractivity contribution < 1.29 is 24.2 Å². The van der Waals surface area contributed by atoms with Crippen LogP contribution in [-0.4, -0.2) is 55.1 Å². The number of hydrogen-bond donors (Lipinski definition) is 3. The van der Waals surface area contributed by atoms with Crippen LogP contribution in [0.25, 0.3) is 0 Å². The summed E-state index contributed by atoms with van der Waals surface area (Å²) >= 11 is 0. The molecule has 1 amide bonds. The number of amides is 1. The Hall–Kier alpha value is -2.19. The molecule has 0 fully saturated rings. The van der Waals surface area contributed by atoms with Crippen LogP contribution in [0, 0.1) is 0 Å². The zero-order valence-electron chi connectivity index (χ0n) is 20.8. The first-order valence-electron chi connectivity index (χ1n) is 11.4. The minimum Gasteiger partial charge on any atom is -0.444 e. The Morgan fingerprint density at radius 1 is 0.909 bits per heavy atom. The molecule has 2 aromatic rings. The van der Waals surface area contributed by atoms with E-state index in [-0.39, 0.29) is 11.6 Å². The number of ether oxygens (including phenoxy) is 1. The fraction of sp³-hybridized carbons (Fsp3) is 0.500. The van der Waals surface area contributed by atoms with Gasteiger partial charge < -0.3 is 24.7 Å².